The number of aromatic amines is 1. The summed E-state index contributed by atoms with van der Waals surface area (Å²) in [5.74, 6) is 0.391. The van der Waals surface area contributed by atoms with Crippen LogP contribution in [0.4, 0.5) is 5.82 Å². The Kier molecular flexibility index (Phi) is 4.45. The molecule has 24 heavy (non-hydrogen) atoms. The van der Waals surface area contributed by atoms with Crippen molar-refractivity contribution in [2.75, 3.05) is 25.5 Å². The molecule has 0 aliphatic carbocycles. The summed E-state index contributed by atoms with van der Waals surface area (Å²) in [5.41, 5.74) is 1.58. The number of anilines is 1. The van der Waals surface area contributed by atoms with Crippen LogP contribution in [-0.2, 0) is 4.79 Å². The minimum absolute atomic E-state index is 0.0304. The number of piperidine rings is 1. The maximum atomic E-state index is 11.9. The topological polar surface area (TPSA) is 103 Å². The number of rotatable bonds is 4. The molecule has 1 aliphatic heterocycles. The lowest BCUT2D eigenvalue weighted by molar-refractivity contribution is -0.126. The molecule has 1 saturated heterocycles. The first kappa shape index (κ1) is 16.0. The summed E-state index contributed by atoms with van der Waals surface area (Å²) in [4.78, 5) is 37.0. The van der Waals surface area contributed by atoms with E-state index < -0.39 is 0 Å². The molecule has 1 fully saturated rings. The van der Waals surface area contributed by atoms with Crippen LogP contribution in [0.25, 0.3) is 11.2 Å². The zero-order chi connectivity index (χ0) is 17.1. The number of carbonyl (C=O) groups is 2. The van der Waals surface area contributed by atoms with Gasteiger partial charge in [0.1, 0.15) is 11.3 Å². The molecule has 8 heteroatoms. The number of hydrogen-bond donors (Lipinski definition) is 3. The molecule has 0 unspecified atom stereocenters. The van der Waals surface area contributed by atoms with Crippen LogP contribution in [0.1, 0.15) is 23.2 Å². The average Bonchev–Trinajstić information content (AvgIpc) is 3.04. The average molecular weight is 328 g/mol. The zero-order valence-corrected chi connectivity index (χ0v) is 13.5. The quantitative estimate of drug-likeness (QED) is 0.724. The number of nitrogens with one attached hydrogen (secondary N) is 3. The molecule has 0 spiro atoms. The van der Waals surface area contributed by atoms with Gasteiger partial charge in [-0.15, -0.1) is 0 Å². The first-order chi connectivity index (χ1) is 11.6. The second-order valence-corrected chi connectivity index (χ2v) is 5.68. The van der Waals surface area contributed by atoms with Crippen LogP contribution in [0.15, 0.2) is 25.0 Å². The van der Waals surface area contributed by atoms with E-state index in [0.29, 0.717) is 35.6 Å². The lowest BCUT2D eigenvalue weighted by Gasteiger charge is -2.31. The smallest absolute Gasteiger partial charge is 0.254 e. The first-order valence-electron chi connectivity index (χ1n) is 7.86. The molecule has 3 heterocycles. The molecule has 0 atom stereocenters. The highest BCUT2D eigenvalue weighted by atomic mass is 16.2. The van der Waals surface area contributed by atoms with Gasteiger partial charge in [0.15, 0.2) is 5.65 Å². The summed E-state index contributed by atoms with van der Waals surface area (Å²) in [7, 11) is 1.58. The minimum atomic E-state index is -0.205. The lowest BCUT2D eigenvalue weighted by Crippen LogP contribution is -2.41. The third kappa shape index (κ3) is 3.08. The highest BCUT2D eigenvalue weighted by molar-refractivity contribution is 6.04. The van der Waals surface area contributed by atoms with Crippen molar-refractivity contribution in [3.05, 3.63) is 30.6 Å². The Hall–Kier alpha value is -2.90. The van der Waals surface area contributed by atoms with Gasteiger partial charge in [0.2, 0.25) is 5.91 Å². The molecule has 0 radical (unpaired) electrons. The summed E-state index contributed by atoms with van der Waals surface area (Å²) in [6.07, 6.45) is 6.25. The Bertz CT molecular complexity index is 776. The van der Waals surface area contributed by atoms with Gasteiger partial charge in [-0.2, -0.15) is 0 Å². The van der Waals surface area contributed by atoms with E-state index in [1.807, 2.05) is 0 Å². The molecule has 126 valence electrons. The summed E-state index contributed by atoms with van der Waals surface area (Å²) >= 11 is 0. The van der Waals surface area contributed by atoms with Crippen molar-refractivity contribution in [2.45, 2.75) is 18.9 Å². The standard InChI is InChI=1S/C16H20N6O2/c1-3-13(23)22-6-4-10(5-7-22)20-12-9-19-15-14(21-12)11(8-18-15)16(24)17-2/h3,8-10H,1,4-7H2,2H3,(H,17,24)(H,18,19)(H,20,21). The highest BCUT2D eigenvalue weighted by Gasteiger charge is 2.22. The fourth-order valence-corrected chi connectivity index (χ4v) is 2.85. The number of hydrogen-bond acceptors (Lipinski definition) is 5. The number of likely N-dealkylation sites (tertiary alicyclic amines) is 1. The van der Waals surface area contributed by atoms with Crippen LogP contribution in [0.2, 0.25) is 0 Å². The fraction of sp³-hybridized carbons (Fsp3) is 0.375. The van der Waals surface area contributed by atoms with Gasteiger partial charge >= 0.3 is 0 Å². The predicted octanol–water partition coefficient (Wildman–Crippen LogP) is 0.906. The summed E-state index contributed by atoms with van der Waals surface area (Å²) in [6.45, 7) is 4.89. The molecular weight excluding hydrogens is 308 g/mol. The monoisotopic (exact) mass is 328 g/mol. The van der Waals surface area contributed by atoms with Gasteiger partial charge in [-0.05, 0) is 18.9 Å². The molecule has 2 aromatic rings. The lowest BCUT2D eigenvalue weighted by atomic mass is 10.1. The Morgan fingerprint density at radius 3 is 2.83 bits per heavy atom. The maximum absolute atomic E-state index is 11.9. The van der Waals surface area contributed by atoms with Gasteiger partial charge in [-0.25, -0.2) is 9.97 Å². The third-order valence-corrected chi connectivity index (χ3v) is 4.19. The predicted molar refractivity (Wildman–Crippen MR) is 90.7 cm³/mol. The number of aromatic nitrogens is 3. The van der Waals surface area contributed by atoms with Crippen molar-refractivity contribution >= 4 is 28.8 Å². The summed E-state index contributed by atoms with van der Waals surface area (Å²) in [5, 5.41) is 5.93. The van der Waals surface area contributed by atoms with E-state index in [2.05, 4.69) is 32.2 Å². The van der Waals surface area contributed by atoms with Crippen molar-refractivity contribution in [1.82, 2.24) is 25.2 Å². The molecular formula is C16H20N6O2. The van der Waals surface area contributed by atoms with E-state index in [-0.39, 0.29) is 17.9 Å². The van der Waals surface area contributed by atoms with Crippen LogP contribution < -0.4 is 10.6 Å². The van der Waals surface area contributed by atoms with E-state index >= 15 is 0 Å². The van der Waals surface area contributed by atoms with Crippen LogP contribution in [0, 0.1) is 0 Å². The largest absolute Gasteiger partial charge is 0.366 e. The van der Waals surface area contributed by atoms with Crippen molar-refractivity contribution in [2.24, 2.45) is 0 Å². The van der Waals surface area contributed by atoms with Gasteiger partial charge < -0.3 is 20.5 Å². The van der Waals surface area contributed by atoms with Gasteiger partial charge in [0.05, 0.1) is 11.8 Å². The molecule has 1 aliphatic rings. The molecule has 8 nitrogen and oxygen atoms in total. The number of amides is 2. The molecule has 2 aromatic heterocycles. The van der Waals surface area contributed by atoms with E-state index in [0.717, 1.165) is 12.8 Å². The Labute approximate surface area is 139 Å². The number of nitrogens with zero attached hydrogens (tertiary/aromatic N) is 3. The Balaban J connectivity index is 1.71. The van der Waals surface area contributed by atoms with Gasteiger partial charge in [-0.3, -0.25) is 9.59 Å². The van der Waals surface area contributed by atoms with E-state index in [4.69, 9.17) is 0 Å². The minimum Gasteiger partial charge on any atom is -0.366 e. The van der Waals surface area contributed by atoms with Gasteiger partial charge in [0, 0.05) is 32.4 Å². The van der Waals surface area contributed by atoms with Crippen LogP contribution in [-0.4, -0.2) is 57.8 Å². The molecule has 0 bridgehead atoms. The van der Waals surface area contributed by atoms with E-state index in [1.165, 1.54) is 6.08 Å². The number of fused-ring (bicyclic) bond motifs is 1. The van der Waals surface area contributed by atoms with Crippen LogP contribution in [0.3, 0.4) is 0 Å². The molecule has 3 N–H and O–H groups in total. The van der Waals surface area contributed by atoms with E-state index in [1.54, 1.807) is 24.3 Å². The normalized spacial score (nSPS) is 15.3. The molecule has 3 rings (SSSR count). The molecule has 0 saturated carbocycles. The van der Waals surface area contributed by atoms with Crippen molar-refractivity contribution in [3.63, 3.8) is 0 Å². The summed E-state index contributed by atoms with van der Waals surface area (Å²) < 4.78 is 0. The first-order valence-corrected chi connectivity index (χ1v) is 7.86. The fourth-order valence-electron chi connectivity index (χ4n) is 2.85. The van der Waals surface area contributed by atoms with Gasteiger partial charge in [-0.1, -0.05) is 6.58 Å². The van der Waals surface area contributed by atoms with Crippen LogP contribution >= 0.6 is 0 Å². The van der Waals surface area contributed by atoms with Crippen molar-refractivity contribution < 1.29 is 9.59 Å². The SMILES string of the molecule is C=CC(=O)N1CCC(Nc2cnc3[nH]cc(C(=O)NC)c3n2)CC1. The number of H-pyrrole nitrogens is 1. The summed E-state index contributed by atoms with van der Waals surface area (Å²) in [6, 6.07) is 0.216. The third-order valence-electron chi connectivity index (χ3n) is 4.19. The molecule has 2 amide bonds. The van der Waals surface area contributed by atoms with Crippen LogP contribution in [0.5, 0.6) is 0 Å². The van der Waals surface area contributed by atoms with Crippen molar-refractivity contribution in [1.29, 1.82) is 0 Å². The molecule has 0 aromatic carbocycles. The second kappa shape index (κ2) is 6.69. The van der Waals surface area contributed by atoms with E-state index in [9.17, 15) is 9.59 Å². The maximum Gasteiger partial charge on any atom is 0.254 e. The number of carbonyl (C=O) groups excluding carboxylic acids is 2. The second-order valence-electron chi connectivity index (χ2n) is 5.68. The Morgan fingerprint density at radius 2 is 2.17 bits per heavy atom. The highest BCUT2D eigenvalue weighted by Crippen LogP contribution is 2.19. The van der Waals surface area contributed by atoms with Gasteiger partial charge in [0.25, 0.3) is 5.91 Å². The Morgan fingerprint density at radius 1 is 1.42 bits per heavy atom. The van der Waals surface area contributed by atoms with Crippen molar-refractivity contribution in [3.8, 4) is 0 Å². The zero-order valence-electron chi connectivity index (χ0n) is 13.5.